The van der Waals surface area contributed by atoms with Crippen molar-refractivity contribution in [3.05, 3.63) is 41.0 Å². The number of amides is 1. The molecule has 0 spiro atoms. The number of carbonyl (C=O) groups excluding carboxylic acids is 1. The van der Waals surface area contributed by atoms with E-state index in [9.17, 15) is 18.0 Å². The van der Waals surface area contributed by atoms with E-state index in [2.05, 4.69) is 19.9 Å². The van der Waals surface area contributed by atoms with Crippen LogP contribution in [0, 0.1) is 0 Å². The average molecular weight is 360 g/mol. The number of nitrogens with zero attached hydrogens (tertiary/aromatic N) is 4. The molecule has 0 saturated carbocycles. The molecule has 0 bridgehead atoms. The number of alkyl halides is 3. The van der Waals surface area contributed by atoms with Crippen LogP contribution in [0.3, 0.4) is 0 Å². The lowest BCUT2D eigenvalue weighted by molar-refractivity contribution is -0.141. The first-order valence-electron chi connectivity index (χ1n) is 7.23. The normalized spacial score (nSPS) is 18.7. The van der Waals surface area contributed by atoms with Gasteiger partial charge in [0.25, 0.3) is 5.91 Å². The van der Waals surface area contributed by atoms with E-state index in [0.717, 1.165) is 6.20 Å². The van der Waals surface area contributed by atoms with Gasteiger partial charge in [0.1, 0.15) is 23.5 Å². The van der Waals surface area contributed by atoms with Gasteiger partial charge < -0.3 is 9.88 Å². The number of rotatable bonds is 2. The summed E-state index contributed by atoms with van der Waals surface area (Å²) in [6, 6.07) is 0. The second-order valence-electron chi connectivity index (χ2n) is 5.49. The van der Waals surface area contributed by atoms with Gasteiger partial charge in [-0.05, 0) is 12.8 Å². The first-order valence-corrected chi connectivity index (χ1v) is 7.61. The van der Waals surface area contributed by atoms with Crippen molar-refractivity contribution in [3.63, 3.8) is 0 Å². The molecule has 1 aliphatic rings. The number of hydrogen-bond donors (Lipinski definition) is 1. The topological polar surface area (TPSA) is 74.8 Å². The van der Waals surface area contributed by atoms with Gasteiger partial charge in [0.15, 0.2) is 0 Å². The number of carbonyl (C=O) groups is 1. The number of aromatic nitrogens is 4. The quantitative estimate of drug-likeness (QED) is 0.894. The number of H-pyrrole nitrogens is 1. The van der Waals surface area contributed by atoms with Crippen LogP contribution in [0.1, 0.15) is 40.8 Å². The van der Waals surface area contributed by atoms with Gasteiger partial charge in [0.05, 0.1) is 11.2 Å². The number of aromatic amines is 1. The predicted molar refractivity (Wildman–Crippen MR) is 78.5 cm³/mol. The van der Waals surface area contributed by atoms with Crippen molar-refractivity contribution in [2.24, 2.45) is 0 Å². The van der Waals surface area contributed by atoms with Crippen LogP contribution in [0.2, 0.25) is 5.02 Å². The van der Waals surface area contributed by atoms with Crippen LogP contribution in [0.15, 0.2) is 18.7 Å². The van der Waals surface area contributed by atoms with E-state index in [1.54, 1.807) is 0 Å². The van der Waals surface area contributed by atoms with Gasteiger partial charge >= 0.3 is 6.18 Å². The van der Waals surface area contributed by atoms with Crippen molar-refractivity contribution in [2.45, 2.75) is 24.9 Å². The van der Waals surface area contributed by atoms with E-state index >= 15 is 0 Å². The highest BCUT2D eigenvalue weighted by atomic mass is 35.5. The largest absolute Gasteiger partial charge is 0.432 e. The number of halogens is 4. The van der Waals surface area contributed by atoms with Gasteiger partial charge in [-0.15, -0.1) is 0 Å². The third-order valence-corrected chi connectivity index (χ3v) is 4.14. The number of imidazole rings is 1. The summed E-state index contributed by atoms with van der Waals surface area (Å²) in [5.41, 5.74) is -0.803. The third kappa shape index (κ3) is 3.35. The van der Waals surface area contributed by atoms with Gasteiger partial charge in [0.2, 0.25) is 0 Å². The Morgan fingerprint density at radius 3 is 2.79 bits per heavy atom. The van der Waals surface area contributed by atoms with Crippen LogP contribution in [0.4, 0.5) is 13.2 Å². The zero-order valence-corrected chi connectivity index (χ0v) is 13.1. The van der Waals surface area contributed by atoms with Gasteiger partial charge in [-0.1, -0.05) is 11.6 Å². The fraction of sp³-hybridized carbons (Fsp3) is 0.429. The summed E-state index contributed by atoms with van der Waals surface area (Å²) in [6.07, 6.45) is 0.155. The summed E-state index contributed by atoms with van der Waals surface area (Å²) in [5.74, 6) is -0.428. The molecular formula is C14H13ClF3N5O. The molecule has 1 saturated heterocycles. The molecule has 0 aromatic carbocycles. The lowest BCUT2D eigenvalue weighted by Crippen LogP contribution is -2.39. The fourth-order valence-corrected chi connectivity index (χ4v) is 2.88. The Balaban J connectivity index is 1.76. The molecule has 1 unspecified atom stereocenters. The second kappa shape index (κ2) is 6.39. The maximum atomic E-state index is 12.7. The summed E-state index contributed by atoms with van der Waals surface area (Å²) in [4.78, 5) is 27.8. The van der Waals surface area contributed by atoms with Crippen molar-refractivity contribution in [2.75, 3.05) is 13.1 Å². The molecule has 24 heavy (non-hydrogen) atoms. The van der Waals surface area contributed by atoms with E-state index in [1.165, 1.54) is 17.4 Å². The molecule has 3 heterocycles. The Morgan fingerprint density at radius 2 is 2.12 bits per heavy atom. The molecule has 2 aromatic rings. The summed E-state index contributed by atoms with van der Waals surface area (Å²) < 4.78 is 38.0. The van der Waals surface area contributed by atoms with E-state index in [1.807, 2.05) is 0 Å². The lowest BCUT2D eigenvalue weighted by atomic mass is 9.97. The van der Waals surface area contributed by atoms with Crippen molar-refractivity contribution in [3.8, 4) is 0 Å². The molecule has 1 atom stereocenters. The molecule has 1 aliphatic heterocycles. The lowest BCUT2D eigenvalue weighted by Gasteiger charge is -2.31. The van der Waals surface area contributed by atoms with Crippen LogP contribution in [-0.4, -0.2) is 43.8 Å². The highest BCUT2D eigenvalue weighted by Crippen LogP contribution is 2.31. The molecule has 1 fully saturated rings. The molecule has 10 heteroatoms. The summed E-state index contributed by atoms with van der Waals surface area (Å²) in [7, 11) is 0. The highest BCUT2D eigenvalue weighted by Gasteiger charge is 2.35. The third-order valence-electron chi connectivity index (χ3n) is 3.87. The number of nitrogens with one attached hydrogen (secondary N) is 1. The van der Waals surface area contributed by atoms with Crippen molar-refractivity contribution in [1.82, 2.24) is 24.8 Å². The van der Waals surface area contributed by atoms with Crippen LogP contribution in [0.5, 0.6) is 0 Å². The Labute approximate surface area is 140 Å². The SMILES string of the molecule is O=C(c1ncncc1Cl)N1CCCC(c2ncc(C(F)(F)F)[nH]2)C1. The average Bonchev–Trinajstić information content (AvgIpc) is 3.05. The zero-order valence-electron chi connectivity index (χ0n) is 12.3. The van der Waals surface area contributed by atoms with Crippen molar-refractivity contribution >= 4 is 17.5 Å². The number of likely N-dealkylation sites (tertiary alicyclic amines) is 1. The van der Waals surface area contributed by atoms with Crippen molar-refractivity contribution < 1.29 is 18.0 Å². The maximum Gasteiger partial charge on any atom is 0.432 e. The first kappa shape index (κ1) is 16.7. The van der Waals surface area contributed by atoms with Crippen LogP contribution >= 0.6 is 11.6 Å². The van der Waals surface area contributed by atoms with E-state index in [-0.39, 0.29) is 34.9 Å². The van der Waals surface area contributed by atoms with Crippen LogP contribution < -0.4 is 0 Å². The van der Waals surface area contributed by atoms with Crippen LogP contribution in [-0.2, 0) is 6.18 Å². The molecule has 128 valence electrons. The highest BCUT2D eigenvalue weighted by molar-refractivity contribution is 6.33. The number of piperidine rings is 1. The van der Waals surface area contributed by atoms with E-state index in [4.69, 9.17) is 11.6 Å². The summed E-state index contributed by atoms with van der Waals surface area (Å²) in [5, 5.41) is 0.141. The molecule has 2 aromatic heterocycles. The minimum atomic E-state index is -4.47. The second-order valence-corrected chi connectivity index (χ2v) is 5.90. The summed E-state index contributed by atoms with van der Waals surface area (Å²) >= 11 is 5.93. The van der Waals surface area contributed by atoms with Gasteiger partial charge in [-0.2, -0.15) is 13.2 Å². The summed E-state index contributed by atoms with van der Waals surface area (Å²) in [6.45, 7) is 0.743. The van der Waals surface area contributed by atoms with Gasteiger partial charge in [0, 0.05) is 25.2 Å². The minimum Gasteiger partial charge on any atom is -0.338 e. The standard InChI is InChI=1S/C14H13ClF3N5O/c15-9-4-19-7-21-11(9)13(24)23-3-1-2-8(6-23)12-20-5-10(22-12)14(16,17)18/h4-5,7-8H,1-3,6H2,(H,20,22). The molecule has 0 aliphatic carbocycles. The van der Waals surface area contributed by atoms with E-state index in [0.29, 0.717) is 19.4 Å². The molecule has 3 rings (SSSR count). The molecule has 6 nitrogen and oxygen atoms in total. The van der Waals surface area contributed by atoms with Gasteiger partial charge in [-0.25, -0.2) is 15.0 Å². The maximum absolute atomic E-state index is 12.7. The molecule has 1 N–H and O–H groups in total. The first-order chi connectivity index (χ1) is 11.4. The molecular weight excluding hydrogens is 347 g/mol. The fourth-order valence-electron chi connectivity index (χ4n) is 2.69. The monoisotopic (exact) mass is 359 g/mol. The zero-order chi connectivity index (χ0) is 17.3. The van der Waals surface area contributed by atoms with Crippen LogP contribution in [0.25, 0.3) is 0 Å². The Morgan fingerprint density at radius 1 is 1.33 bits per heavy atom. The predicted octanol–water partition coefficient (Wildman–Crippen LogP) is 2.89. The Bertz CT molecular complexity index is 748. The number of hydrogen-bond acceptors (Lipinski definition) is 4. The van der Waals surface area contributed by atoms with Crippen molar-refractivity contribution in [1.29, 1.82) is 0 Å². The van der Waals surface area contributed by atoms with E-state index < -0.39 is 11.9 Å². The van der Waals surface area contributed by atoms with Gasteiger partial charge in [-0.3, -0.25) is 4.79 Å². The Kier molecular flexibility index (Phi) is 4.44. The molecule has 1 amide bonds. The Hall–Kier alpha value is -2.16. The smallest absolute Gasteiger partial charge is 0.338 e. The minimum absolute atomic E-state index is 0.0859. The molecule has 0 radical (unpaired) electrons.